The van der Waals surface area contributed by atoms with E-state index in [2.05, 4.69) is 0 Å². The summed E-state index contributed by atoms with van der Waals surface area (Å²) in [5.41, 5.74) is -0.750. The summed E-state index contributed by atoms with van der Waals surface area (Å²) < 4.78 is 0. The smallest absolute Gasteiger partial charge is 0.850 e. The first kappa shape index (κ1) is 16.0. The largest absolute Gasteiger partial charge is 1.00 e. The SMILES string of the molecule is CC(C)(C)[O-].Cl.[K+]. The second-order valence-electron chi connectivity index (χ2n) is 2.11. The van der Waals surface area contributed by atoms with Crippen molar-refractivity contribution in [2.45, 2.75) is 26.4 Å². The van der Waals surface area contributed by atoms with Crippen molar-refractivity contribution in [3.63, 3.8) is 0 Å². The third-order valence-corrected chi connectivity index (χ3v) is 0. The minimum Gasteiger partial charge on any atom is -0.850 e. The fraction of sp³-hybridized carbons (Fsp3) is 1.00. The standard InChI is InChI=1S/C4H9O.ClH.K/c1-4(2,3)5;;/h1-3H3;1H;/q-1;;+1. The zero-order valence-corrected chi connectivity index (χ0v) is 9.26. The Morgan fingerprint density at radius 1 is 1.14 bits per heavy atom. The summed E-state index contributed by atoms with van der Waals surface area (Å²) in [7, 11) is 0. The molecule has 0 heterocycles. The fourth-order valence-corrected chi connectivity index (χ4v) is 0. The molecule has 0 saturated heterocycles. The third-order valence-electron chi connectivity index (χ3n) is 0. The van der Waals surface area contributed by atoms with Crippen molar-refractivity contribution < 1.29 is 56.5 Å². The van der Waals surface area contributed by atoms with Crippen molar-refractivity contribution in [3.05, 3.63) is 0 Å². The summed E-state index contributed by atoms with van der Waals surface area (Å²) in [5.74, 6) is 0. The summed E-state index contributed by atoms with van der Waals surface area (Å²) in [6.45, 7) is 4.90. The molecule has 0 unspecified atom stereocenters. The summed E-state index contributed by atoms with van der Waals surface area (Å²) in [5, 5.41) is 10.1. The Kier molecular flexibility index (Phi) is 13.7. The Morgan fingerprint density at radius 3 is 1.14 bits per heavy atom. The van der Waals surface area contributed by atoms with Crippen molar-refractivity contribution in [1.29, 1.82) is 0 Å². The number of rotatable bonds is 0. The molecule has 1 nitrogen and oxygen atoms in total. The molecule has 0 atom stereocenters. The van der Waals surface area contributed by atoms with Gasteiger partial charge in [0.05, 0.1) is 0 Å². The van der Waals surface area contributed by atoms with Gasteiger partial charge in [0.2, 0.25) is 0 Å². The molecule has 0 rings (SSSR count). The Hall–Kier alpha value is 1.89. The van der Waals surface area contributed by atoms with Gasteiger partial charge in [-0.3, -0.25) is 0 Å². The average Bonchev–Trinajstić information content (AvgIpc) is 0.722. The van der Waals surface area contributed by atoms with Crippen LogP contribution in [0.1, 0.15) is 20.8 Å². The van der Waals surface area contributed by atoms with E-state index in [4.69, 9.17) is 0 Å². The Balaban J connectivity index is -0.0000000800. The van der Waals surface area contributed by atoms with Crippen LogP contribution in [0.3, 0.4) is 0 Å². The summed E-state index contributed by atoms with van der Waals surface area (Å²) >= 11 is 0. The fourth-order valence-electron chi connectivity index (χ4n) is 0. The molecule has 3 heteroatoms. The van der Waals surface area contributed by atoms with Crippen molar-refractivity contribution in [2.24, 2.45) is 0 Å². The summed E-state index contributed by atoms with van der Waals surface area (Å²) in [4.78, 5) is 0. The van der Waals surface area contributed by atoms with Gasteiger partial charge in [-0.2, -0.15) is 0 Å². The van der Waals surface area contributed by atoms with E-state index in [1.165, 1.54) is 0 Å². The molecule has 0 spiro atoms. The van der Waals surface area contributed by atoms with Gasteiger partial charge in [0, 0.05) is 0 Å². The van der Waals surface area contributed by atoms with Crippen LogP contribution in [-0.2, 0) is 0 Å². The first-order valence-electron chi connectivity index (χ1n) is 1.70. The molecule has 0 aliphatic carbocycles. The van der Waals surface area contributed by atoms with Crippen molar-refractivity contribution in [3.8, 4) is 0 Å². The monoisotopic (exact) mass is 148 g/mol. The Bertz CT molecular complexity index is 27.2. The second-order valence-corrected chi connectivity index (χ2v) is 2.11. The minimum absolute atomic E-state index is 0. The van der Waals surface area contributed by atoms with Gasteiger partial charge < -0.3 is 5.11 Å². The van der Waals surface area contributed by atoms with Crippen LogP contribution < -0.4 is 56.5 Å². The zero-order chi connectivity index (χ0) is 4.50. The molecule has 0 fully saturated rings. The molecule has 0 aromatic carbocycles. The minimum atomic E-state index is -0.750. The van der Waals surface area contributed by atoms with Gasteiger partial charge in [0.15, 0.2) is 0 Å². The van der Waals surface area contributed by atoms with E-state index < -0.39 is 5.60 Å². The molecule has 0 amide bonds. The molecular formula is C4H10ClKO. The van der Waals surface area contributed by atoms with Crippen LogP contribution in [0.2, 0.25) is 0 Å². The van der Waals surface area contributed by atoms with Crippen molar-refractivity contribution >= 4 is 12.4 Å². The second kappa shape index (κ2) is 6.01. The van der Waals surface area contributed by atoms with Crippen molar-refractivity contribution in [1.82, 2.24) is 0 Å². The normalized spacial score (nSPS) is 8.57. The molecule has 0 aromatic rings. The first-order chi connectivity index (χ1) is 2.00. The van der Waals surface area contributed by atoms with Crippen LogP contribution in [0.25, 0.3) is 0 Å². The maximum absolute atomic E-state index is 10.1. The summed E-state index contributed by atoms with van der Waals surface area (Å²) in [6.07, 6.45) is 0. The topological polar surface area (TPSA) is 23.1 Å². The quantitative estimate of drug-likeness (QED) is 0.351. The Morgan fingerprint density at radius 2 is 1.14 bits per heavy atom. The zero-order valence-electron chi connectivity index (χ0n) is 5.32. The summed E-state index contributed by atoms with van der Waals surface area (Å²) in [6, 6.07) is 0. The molecule has 0 radical (unpaired) electrons. The van der Waals surface area contributed by atoms with Gasteiger partial charge in [-0.15, -0.1) is 18.0 Å². The van der Waals surface area contributed by atoms with Gasteiger partial charge in [-0.05, 0) is 0 Å². The van der Waals surface area contributed by atoms with Gasteiger partial charge in [0.25, 0.3) is 0 Å². The maximum atomic E-state index is 10.1. The maximum Gasteiger partial charge on any atom is 1.00 e. The van der Waals surface area contributed by atoms with Gasteiger partial charge >= 0.3 is 51.4 Å². The van der Waals surface area contributed by atoms with Gasteiger partial charge in [-0.25, -0.2) is 0 Å². The van der Waals surface area contributed by atoms with Crippen LogP contribution >= 0.6 is 12.4 Å². The molecule has 7 heavy (non-hydrogen) atoms. The molecule has 40 valence electrons. The molecule has 0 bridgehead atoms. The molecular weight excluding hydrogens is 139 g/mol. The van der Waals surface area contributed by atoms with Crippen LogP contribution in [-0.4, -0.2) is 5.60 Å². The first-order valence-corrected chi connectivity index (χ1v) is 1.70. The molecule has 0 saturated carbocycles. The van der Waals surface area contributed by atoms with Crippen LogP contribution in [0.5, 0.6) is 0 Å². The Labute approximate surface area is 93.7 Å². The van der Waals surface area contributed by atoms with E-state index in [-0.39, 0.29) is 63.8 Å². The van der Waals surface area contributed by atoms with E-state index in [0.717, 1.165) is 0 Å². The average molecular weight is 149 g/mol. The molecule has 0 aliphatic heterocycles. The predicted octanol–water partition coefficient (Wildman–Crippen LogP) is -2.43. The van der Waals surface area contributed by atoms with E-state index in [0.29, 0.717) is 0 Å². The number of halogens is 1. The number of hydrogen-bond donors (Lipinski definition) is 0. The van der Waals surface area contributed by atoms with E-state index in [1.54, 1.807) is 20.8 Å². The molecule has 0 aromatic heterocycles. The number of hydrogen-bond acceptors (Lipinski definition) is 1. The van der Waals surface area contributed by atoms with E-state index >= 15 is 0 Å². The van der Waals surface area contributed by atoms with Crippen LogP contribution in [0.15, 0.2) is 0 Å². The van der Waals surface area contributed by atoms with Crippen molar-refractivity contribution in [2.75, 3.05) is 0 Å². The van der Waals surface area contributed by atoms with Crippen LogP contribution in [0, 0.1) is 0 Å². The molecule has 0 aliphatic rings. The predicted molar refractivity (Wildman–Crippen MR) is 27.0 cm³/mol. The van der Waals surface area contributed by atoms with Crippen LogP contribution in [0.4, 0.5) is 0 Å². The van der Waals surface area contributed by atoms with Gasteiger partial charge in [0.1, 0.15) is 0 Å². The van der Waals surface area contributed by atoms with Gasteiger partial charge in [-0.1, -0.05) is 20.8 Å². The third kappa shape index (κ3) is 76.8. The van der Waals surface area contributed by atoms with E-state index in [9.17, 15) is 5.11 Å². The van der Waals surface area contributed by atoms with E-state index in [1.807, 2.05) is 0 Å². The molecule has 0 N–H and O–H groups in total.